The second kappa shape index (κ2) is 6.23. The Morgan fingerprint density at radius 3 is 2.78 bits per heavy atom. The number of aliphatic imine (C=N–C) groups is 1. The molecular weight excluding hydrogens is 233 g/mol. The Labute approximate surface area is 107 Å². The van der Waals surface area contributed by atoms with Gasteiger partial charge in [-0.15, -0.1) is 0 Å². The monoisotopic (exact) mass is 253 g/mol. The topological polar surface area (TPSA) is 59.6 Å². The summed E-state index contributed by atoms with van der Waals surface area (Å²) in [5.74, 6) is 0.558. The van der Waals surface area contributed by atoms with Crippen LogP contribution in [0.2, 0.25) is 0 Å². The Morgan fingerprint density at radius 2 is 2.17 bits per heavy atom. The van der Waals surface area contributed by atoms with Crippen LogP contribution < -0.4 is 15.8 Å². The Kier molecular flexibility index (Phi) is 4.95. The van der Waals surface area contributed by atoms with E-state index in [1.807, 2.05) is 20.8 Å². The zero-order valence-corrected chi connectivity index (χ0v) is 11.0. The Morgan fingerprint density at radius 1 is 1.44 bits per heavy atom. The molecule has 100 valence electrons. The minimum absolute atomic E-state index is 0.114. The summed E-state index contributed by atoms with van der Waals surface area (Å²) < 4.78 is 18.2. The van der Waals surface area contributed by atoms with Crippen molar-refractivity contribution in [3.8, 4) is 5.75 Å². The van der Waals surface area contributed by atoms with E-state index in [2.05, 4.69) is 10.3 Å². The normalized spacial score (nSPS) is 12.3. The molecule has 1 aromatic carbocycles. The van der Waals surface area contributed by atoms with Crippen LogP contribution in [0.15, 0.2) is 29.3 Å². The van der Waals surface area contributed by atoms with Crippen LogP contribution >= 0.6 is 0 Å². The summed E-state index contributed by atoms with van der Waals surface area (Å²) in [5.41, 5.74) is 5.57. The maximum absolute atomic E-state index is 12.9. The van der Waals surface area contributed by atoms with Gasteiger partial charge in [0.1, 0.15) is 18.2 Å². The molecule has 0 saturated carbocycles. The van der Waals surface area contributed by atoms with Gasteiger partial charge in [-0.25, -0.2) is 9.38 Å². The number of nitrogens with two attached hydrogens (primary N) is 1. The van der Waals surface area contributed by atoms with E-state index in [-0.39, 0.29) is 11.4 Å². The molecule has 0 unspecified atom stereocenters. The van der Waals surface area contributed by atoms with Crippen LogP contribution in [0, 0.1) is 5.82 Å². The van der Waals surface area contributed by atoms with Gasteiger partial charge in [-0.2, -0.15) is 0 Å². The fourth-order valence-electron chi connectivity index (χ4n) is 1.31. The molecule has 0 bridgehead atoms. The van der Waals surface area contributed by atoms with E-state index in [0.717, 1.165) is 0 Å². The molecule has 1 rings (SSSR count). The molecule has 0 aromatic heterocycles. The molecule has 0 fully saturated rings. The molecule has 1 aromatic rings. The molecule has 0 amide bonds. The highest BCUT2D eigenvalue weighted by Gasteiger charge is 2.09. The van der Waals surface area contributed by atoms with Crippen molar-refractivity contribution in [2.45, 2.75) is 26.3 Å². The number of hydrogen-bond acceptors (Lipinski definition) is 2. The van der Waals surface area contributed by atoms with Crippen LogP contribution in [0.4, 0.5) is 4.39 Å². The average molecular weight is 253 g/mol. The lowest BCUT2D eigenvalue weighted by atomic mass is 10.1. The van der Waals surface area contributed by atoms with Gasteiger partial charge >= 0.3 is 0 Å². The largest absolute Gasteiger partial charge is 0.492 e. The summed E-state index contributed by atoms with van der Waals surface area (Å²) in [6.07, 6.45) is 0. The number of benzene rings is 1. The Hall–Kier alpha value is -1.78. The molecular formula is C13H20FN3O. The zero-order valence-electron chi connectivity index (χ0n) is 11.0. The van der Waals surface area contributed by atoms with Gasteiger partial charge in [-0.1, -0.05) is 6.07 Å². The molecule has 0 heterocycles. The first-order valence-electron chi connectivity index (χ1n) is 5.83. The summed E-state index contributed by atoms with van der Waals surface area (Å²) in [6, 6.07) is 6.00. The predicted molar refractivity (Wildman–Crippen MR) is 71.3 cm³/mol. The summed E-state index contributed by atoms with van der Waals surface area (Å²) in [7, 11) is 0. The van der Waals surface area contributed by atoms with E-state index in [1.54, 1.807) is 12.1 Å². The molecule has 0 aliphatic heterocycles. The van der Waals surface area contributed by atoms with Crippen LogP contribution in [-0.2, 0) is 0 Å². The van der Waals surface area contributed by atoms with E-state index in [1.165, 1.54) is 12.1 Å². The SMILES string of the molecule is CC(C)(C)NC(N)=NCCOc1cccc(F)c1. The lowest BCUT2D eigenvalue weighted by Crippen LogP contribution is -2.45. The lowest BCUT2D eigenvalue weighted by Gasteiger charge is -2.20. The lowest BCUT2D eigenvalue weighted by molar-refractivity contribution is 0.326. The molecule has 0 aliphatic rings. The standard InChI is InChI=1S/C13H20FN3O/c1-13(2,3)17-12(15)16-7-8-18-11-6-4-5-10(14)9-11/h4-6,9H,7-8H2,1-3H3,(H3,15,16,17). The van der Waals surface area contributed by atoms with Gasteiger partial charge in [-0.3, -0.25) is 0 Å². The Balaban J connectivity index is 2.32. The fourth-order valence-corrected chi connectivity index (χ4v) is 1.31. The molecule has 0 spiro atoms. The first-order valence-corrected chi connectivity index (χ1v) is 5.83. The molecule has 4 nitrogen and oxygen atoms in total. The van der Waals surface area contributed by atoms with Crippen LogP contribution in [-0.4, -0.2) is 24.7 Å². The maximum Gasteiger partial charge on any atom is 0.189 e. The zero-order chi connectivity index (χ0) is 13.6. The van der Waals surface area contributed by atoms with Crippen LogP contribution in [0.1, 0.15) is 20.8 Å². The quantitative estimate of drug-likeness (QED) is 0.489. The number of nitrogens with zero attached hydrogens (tertiary/aromatic N) is 1. The van der Waals surface area contributed by atoms with Crippen molar-refractivity contribution in [1.29, 1.82) is 0 Å². The van der Waals surface area contributed by atoms with E-state index >= 15 is 0 Å². The van der Waals surface area contributed by atoms with Crippen molar-refractivity contribution in [1.82, 2.24) is 5.32 Å². The third-order valence-electron chi connectivity index (χ3n) is 1.94. The van der Waals surface area contributed by atoms with Crippen LogP contribution in [0.3, 0.4) is 0 Å². The first-order chi connectivity index (χ1) is 8.37. The third kappa shape index (κ3) is 6.08. The van der Waals surface area contributed by atoms with E-state index < -0.39 is 0 Å². The van der Waals surface area contributed by atoms with Gasteiger partial charge in [0.2, 0.25) is 0 Å². The van der Waals surface area contributed by atoms with Gasteiger partial charge in [0.25, 0.3) is 0 Å². The first kappa shape index (κ1) is 14.3. The van der Waals surface area contributed by atoms with Gasteiger partial charge in [-0.05, 0) is 32.9 Å². The summed E-state index contributed by atoms with van der Waals surface area (Å²) in [6.45, 7) is 6.78. The fraction of sp³-hybridized carbons (Fsp3) is 0.462. The summed E-state index contributed by atoms with van der Waals surface area (Å²) >= 11 is 0. The highest BCUT2D eigenvalue weighted by Crippen LogP contribution is 2.11. The van der Waals surface area contributed by atoms with Gasteiger partial charge < -0.3 is 15.8 Å². The van der Waals surface area contributed by atoms with Gasteiger partial charge in [0.05, 0.1) is 6.54 Å². The second-order valence-corrected chi connectivity index (χ2v) is 4.95. The van der Waals surface area contributed by atoms with Gasteiger partial charge in [0.15, 0.2) is 5.96 Å². The molecule has 0 atom stereocenters. The number of rotatable bonds is 4. The highest BCUT2D eigenvalue weighted by atomic mass is 19.1. The number of guanidine groups is 1. The van der Waals surface area contributed by atoms with Crippen molar-refractivity contribution < 1.29 is 9.13 Å². The minimum Gasteiger partial charge on any atom is -0.492 e. The smallest absolute Gasteiger partial charge is 0.189 e. The van der Waals surface area contributed by atoms with Gasteiger partial charge in [0, 0.05) is 11.6 Å². The summed E-state index contributed by atoms with van der Waals surface area (Å²) in [5, 5.41) is 3.04. The maximum atomic E-state index is 12.9. The van der Waals surface area contributed by atoms with E-state index in [4.69, 9.17) is 10.5 Å². The summed E-state index contributed by atoms with van der Waals surface area (Å²) in [4.78, 5) is 4.11. The minimum atomic E-state index is -0.315. The number of halogens is 1. The second-order valence-electron chi connectivity index (χ2n) is 4.95. The molecule has 0 aliphatic carbocycles. The molecule has 0 saturated heterocycles. The van der Waals surface area contributed by atoms with Crippen molar-refractivity contribution >= 4 is 5.96 Å². The molecule has 5 heteroatoms. The van der Waals surface area contributed by atoms with E-state index in [9.17, 15) is 4.39 Å². The highest BCUT2D eigenvalue weighted by molar-refractivity contribution is 5.78. The average Bonchev–Trinajstić information content (AvgIpc) is 2.22. The van der Waals surface area contributed by atoms with Crippen molar-refractivity contribution in [3.05, 3.63) is 30.1 Å². The van der Waals surface area contributed by atoms with Crippen molar-refractivity contribution in [2.24, 2.45) is 10.7 Å². The van der Waals surface area contributed by atoms with Crippen LogP contribution in [0.25, 0.3) is 0 Å². The number of hydrogen-bond donors (Lipinski definition) is 2. The van der Waals surface area contributed by atoms with Crippen molar-refractivity contribution in [3.63, 3.8) is 0 Å². The molecule has 3 N–H and O–H groups in total. The molecule has 0 radical (unpaired) electrons. The molecule has 18 heavy (non-hydrogen) atoms. The number of nitrogens with one attached hydrogen (secondary N) is 1. The number of ether oxygens (including phenoxy) is 1. The van der Waals surface area contributed by atoms with E-state index in [0.29, 0.717) is 24.9 Å². The van der Waals surface area contributed by atoms with Crippen LogP contribution in [0.5, 0.6) is 5.75 Å². The third-order valence-corrected chi connectivity index (χ3v) is 1.94. The van der Waals surface area contributed by atoms with Crippen molar-refractivity contribution in [2.75, 3.05) is 13.2 Å². The Bertz CT molecular complexity index is 413. The predicted octanol–water partition coefficient (Wildman–Crippen LogP) is 1.91.